The third-order valence-electron chi connectivity index (χ3n) is 1.34. The van der Waals surface area contributed by atoms with Gasteiger partial charge in [0.15, 0.2) is 9.84 Å². The van der Waals surface area contributed by atoms with Gasteiger partial charge < -0.3 is 0 Å². The van der Waals surface area contributed by atoms with Crippen molar-refractivity contribution in [3.8, 4) is 0 Å². The molecule has 0 rings (SSSR count). The van der Waals surface area contributed by atoms with Gasteiger partial charge in [0.1, 0.15) is 0 Å². The average molecular weight is 200 g/mol. The van der Waals surface area contributed by atoms with Gasteiger partial charge in [-0.1, -0.05) is 17.7 Å². The summed E-state index contributed by atoms with van der Waals surface area (Å²) in [5.74, 6) is 0. The molecule has 0 bridgehead atoms. The predicted molar refractivity (Wildman–Crippen MR) is 57.2 cm³/mol. The van der Waals surface area contributed by atoms with E-state index in [4.69, 9.17) is 0 Å². The highest BCUT2D eigenvalue weighted by Gasteiger charge is 2.05. The van der Waals surface area contributed by atoms with Crippen LogP contribution in [0.3, 0.4) is 0 Å². The summed E-state index contributed by atoms with van der Waals surface area (Å²) in [6.07, 6.45) is 7.92. The number of allylic oxidation sites excluding steroid dienone is 5. The summed E-state index contributed by atoms with van der Waals surface area (Å²) in [6, 6.07) is 0. The van der Waals surface area contributed by atoms with Crippen LogP contribution in [0.25, 0.3) is 0 Å². The Labute approximate surface area is 80.6 Å². The van der Waals surface area contributed by atoms with Gasteiger partial charge in [-0.15, -0.1) is 0 Å². The van der Waals surface area contributed by atoms with E-state index >= 15 is 0 Å². The van der Waals surface area contributed by atoms with E-state index in [1.54, 1.807) is 31.2 Å². The van der Waals surface area contributed by atoms with Crippen molar-refractivity contribution < 1.29 is 8.42 Å². The minimum absolute atomic E-state index is 0.344. The first-order chi connectivity index (χ1) is 5.88. The van der Waals surface area contributed by atoms with Crippen molar-refractivity contribution in [2.24, 2.45) is 0 Å². The summed E-state index contributed by atoms with van der Waals surface area (Å²) in [5.41, 5.74) is 1.07. The average Bonchev–Trinajstić information content (AvgIpc) is 1.95. The fourth-order valence-corrected chi connectivity index (χ4v) is 1.41. The van der Waals surface area contributed by atoms with E-state index in [1.165, 1.54) is 6.26 Å². The van der Waals surface area contributed by atoms with Crippen LogP contribution in [0.5, 0.6) is 0 Å². The van der Waals surface area contributed by atoms with Crippen LogP contribution in [-0.2, 0) is 9.84 Å². The number of sulfone groups is 1. The Morgan fingerprint density at radius 2 is 1.69 bits per heavy atom. The van der Waals surface area contributed by atoms with Crippen molar-refractivity contribution >= 4 is 9.84 Å². The van der Waals surface area contributed by atoms with Gasteiger partial charge in [-0.25, -0.2) is 8.42 Å². The molecule has 2 nitrogen and oxygen atoms in total. The lowest BCUT2D eigenvalue weighted by Crippen LogP contribution is -1.97. The second-order valence-corrected chi connectivity index (χ2v) is 5.10. The molecular formula is C10H16O2S. The van der Waals surface area contributed by atoms with Gasteiger partial charge >= 0.3 is 0 Å². The molecule has 0 N–H and O–H groups in total. The van der Waals surface area contributed by atoms with Crippen LogP contribution >= 0.6 is 0 Å². The van der Waals surface area contributed by atoms with Crippen molar-refractivity contribution in [3.05, 3.63) is 34.8 Å². The molecule has 0 radical (unpaired) electrons. The molecule has 0 aromatic rings. The lowest BCUT2D eigenvalue weighted by atomic mass is 10.3. The maximum absolute atomic E-state index is 11.2. The van der Waals surface area contributed by atoms with Crippen LogP contribution in [0.15, 0.2) is 34.8 Å². The standard InChI is InChI=1S/C10H16O2S/c1-5-6-10(13(4,11)12)8-7-9(2)3/h5-8H,1-4H3/b6-5-,10-8+. The Morgan fingerprint density at radius 3 is 2.00 bits per heavy atom. The Balaban J connectivity index is 5.06. The topological polar surface area (TPSA) is 34.1 Å². The molecule has 0 spiro atoms. The number of hydrogen-bond acceptors (Lipinski definition) is 2. The highest BCUT2D eigenvalue weighted by atomic mass is 32.2. The summed E-state index contributed by atoms with van der Waals surface area (Å²) in [6.45, 7) is 5.64. The SMILES string of the molecule is C/C=C\C(=C/C=C(C)C)S(C)(=O)=O. The molecule has 0 aromatic carbocycles. The van der Waals surface area contributed by atoms with Crippen LogP contribution in [0.1, 0.15) is 20.8 Å². The van der Waals surface area contributed by atoms with Gasteiger partial charge in [0.25, 0.3) is 0 Å². The predicted octanol–water partition coefficient (Wildman–Crippen LogP) is 2.46. The molecule has 0 atom stereocenters. The first-order valence-corrected chi connectivity index (χ1v) is 5.95. The highest BCUT2D eigenvalue weighted by molar-refractivity contribution is 7.94. The summed E-state index contributed by atoms with van der Waals surface area (Å²) >= 11 is 0. The lowest BCUT2D eigenvalue weighted by molar-refractivity contribution is 0.608. The summed E-state index contributed by atoms with van der Waals surface area (Å²) in [5, 5.41) is 0. The smallest absolute Gasteiger partial charge is 0.175 e. The molecule has 0 saturated heterocycles. The van der Waals surface area contributed by atoms with Gasteiger partial charge in [-0.2, -0.15) is 0 Å². The third-order valence-corrected chi connectivity index (χ3v) is 2.47. The normalized spacial score (nSPS) is 13.4. The van der Waals surface area contributed by atoms with Gasteiger partial charge in [0.05, 0.1) is 4.91 Å². The van der Waals surface area contributed by atoms with Crippen LogP contribution in [0.4, 0.5) is 0 Å². The molecule has 0 saturated carbocycles. The molecule has 0 aliphatic carbocycles. The van der Waals surface area contributed by atoms with E-state index in [0.29, 0.717) is 4.91 Å². The first kappa shape index (κ1) is 12.2. The second-order valence-electron chi connectivity index (χ2n) is 3.09. The largest absolute Gasteiger partial charge is 0.224 e. The Bertz CT molecular complexity index is 339. The zero-order valence-corrected chi connectivity index (χ0v) is 9.35. The van der Waals surface area contributed by atoms with E-state index in [2.05, 4.69) is 0 Å². The fraction of sp³-hybridized carbons (Fsp3) is 0.400. The molecule has 74 valence electrons. The summed E-state index contributed by atoms with van der Waals surface area (Å²) in [4.78, 5) is 0.344. The molecule has 0 fully saturated rings. The Hall–Kier alpha value is -0.830. The van der Waals surface area contributed by atoms with Crippen LogP contribution in [0.2, 0.25) is 0 Å². The maximum Gasteiger partial charge on any atom is 0.175 e. The maximum atomic E-state index is 11.2. The quantitative estimate of drug-likeness (QED) is 0.656. The van der Waals surface area contributed by atoms with E-state index in [-0.39, 0.29) is 0 Å². The molecule has 0 heterocycles. The summed E-state index contributed by atoms with van der Waals surface area (Å²) < 4.78 is 22.4. The lowest BCUT2D eigenvalue weighted by Gasteiger charge is -1.96. The van der Waals surface area contributed by atoms with E-state index in [0.717, 1.165) is 5.57 Å². The summed E-state index contributed by atoms with van der Waals surface area (Å²) in [7, 11) is -3.09. The minimum atomic E-state index is -3.09. The molecular weight excluding hydrogens is 184 g/mol. The molecule has 0 unspecified atom stereocenters. The molecule has 0 aliphatic heterocycles. The molecule has 3 heteroatoms. The fourth-order valence-electron chi connectivity index (χ4n) is 0.716. The number of rotatable bonds is 3. The molecule has 0 aromatic heterocycles. The molecule has 0 amide bonds. The third kappa shape index (κ3) is 5.42. The van der Waals surface area contributed by atoms with Gasteiger partial charge in [-0.05, 0) is 32.9 Å². The van der Waals surface area contributed by atoms with Crippen molar-refractivity contribution in [1.29, 1.82) is 0 Å². The number of hydrogen-bond donors (Lipinski definition) is 0. The van der Waals surface area contributed by atoms with Gasteiger partial charge in [0.2, 0.25) is 0 Å². The van der Waals surface area contributed by atoms with Crippen molar-refractivity contribution in [1.82, 2.24) is 0 Å². The Kier molecular flexibility index (Phi) is 4.70. The van der Waals surface area contributed by atoms with Crippen molar-refractivity contribution in [2.45, 2.75) is 20.8 Å². The van der Waals surface area contributed by atoms with Crippen LogP contribution < -0.4 is 0 Å². The van der Waals surface area contributed by atoms with Gasteiger partial charge in [0, 0.05) is 6.26 Å². The Morgan fingerprint density at radius 1 is 1.15 bits per heavy atom. The minimum Gasteiger partial charge on any atom is -0.224 e. The monoisotopic (exact) mass is 200 g/mol. The molecule has 13 heavy (non-hydrogen) atoms. The van der Waals surface area contributed by atoms with Crippen molar-refractivity contribution in [2.75, 3.05) is 6.26 Å². The highest BCUT2D eigenvalue weighted by Crippen LogP contribution is 2.07. The van der Waals surface area contributed by atoms with Crippen molar-refractivity contribution in [3.63, 3.8) is 0 Å². The van der Waals surface area contributed by atoms with Crippen LogP contribution in [0, 0.1) is 0 Å². The first-order valence-electron chi connectivity index (χ1n) is 4.06. The zero-order chi connectivity index (χ0) is 10.5. The van der Waals surface area contributed by atoms with Gasteiger partial charge in [-0.3, -0.25) is 0 Å². The second kappa shape index (κ2) is 5.02. The molecule has 0 aliphatic rings. The van der Waals surface area contributed by atoms with E-state index in [9.17, 15) is 8.42 Å². The zero-order valence-electron chi connectivity index (χ0n) is 8.53. The van der Waals surface area contributed by atoms with Crippen LogP contribution in [-0.4, -0.2) is 14.7 Å². The van der Waals surface area contributed by atoms with E-state index < -0.39 is 9.84 Å². The van der Waals surface area contributed by atoms with E-state index in [1.807, 2.05) is 13.8 Å².